The smallest absolute Gasteiger partial charge is 0.325 e. The maximum atomic E-state index is 12.8. The Morgan fingerprint density at radius 2 is 1.72 bits per heavy atom. The molecule has 1 heterocycles. The molecule has 0 bridgehead atoms. The van der Waals surface area contributed by atoms with E-state index in [9.17, 15) is 18.0 Å². The lowest BCUT2D eigenvalue weighted by atomic mass is 9.96. The molecule has 0 radical (unpaired) electrons. The maximum Gasteiger partial charge on any atom is 0.416 e. The van der Waals surface area contributed by atoms with Crippen LogP contribution in [0.5, 0.6) is 0 Å². The van der Waals surface area contributed by atoms with Crippen LogP contribution in [0.2, 0.25) is 5.02 Å². The minimum absolute atomic E-state index is 0.0601. The maximum absolute atomic E-state index is 12.8. The molecular formula is C18H14ClF3N2O. The molecule has 0 saturated heterocycles. The number of benzene rings is 2. The molecule has 2 aromatic carbocycles. The van der Waals surface area contributed by atoms with Crippen molar-refractivity contribution < 1.29 is 13.2 Å². The number of halogens is 4. The van der Waals surface area contributed by atoms with Gasteiger partial charge in [0.25, 0.3) is 5.56 Å². The van der Waals surface area contributed by atoms with E-state index in [1.807, 2.05) is 0 Å². The second-order valence-corrected chi connectivity index (χ2v) is 6.09. The van der Waals surface area contributed by atoms with Gasteiger partial charge in [-0.15, -0.1) is 0 Å². The van der Waals surface area contributed by atoms with E-state index in [0.29, 0.717) is 32.6 Å². The quantitative estimate of drug-likeness (QED) is 0.733. The first-order valence-electron chi connectivity index (χ1n) is 7.43. The number of hydrogen-bond acceptors (Lipinski definition) is 2. The fourth-order valence-corrected chi connectivity index (χ4v) is 3.10. The summed E-state index contributed by atoms with van der Waals surface area (Å²) >= 11 is 6.06. The monoisotopic (exact) mass is 366 g/mol. The van der Waals surface area contributed by atoms with E-state index in [1.165, 1.54) is 16.7 Å². The number of aromatic nitrogens is 1. The predicted molar refractivity (Wildman–Crippen MR) is 92.5 cm³/mol. The molecule has 0 saturated carbocycles. The number of nitrogens with two attached hydrogens (primary N) is 1. The molecule has 3 nitrogen and oxygen atoms in total. The summed E-state index contributed by atoms with van der Waals surface area (Å²) in [5, 5.41) is 1.42. The van der Waals surface area contributed by atoms with E-state index in [4.69, 9.17) is 17.3 Å². The van der Waals surface area contributed by atoms with Gasteiger partial charge >= 0.3 is 6.18 Å². The highest BCUT2D eigenvalue weighted by Gasteiger charge is 2.30. The Kier molecular flexibility index (Phi) is 4.34. The largest absolute Gasteiger partial charge is 0.416 e. The van der Waals surface area contributed by atoms with Crippen LogP contribution >= 0.6 is 11.6 Å². The van der Waals surface area contributed by atoms with Crippen LogP contribution in [-0.2, 0) is 19.8 Å². The molecule has 0 aliphatic rings. The first kappa shape index (κ1) is 17.5. The Labute approximate surface area is 146 Å². The molecule has 0 unspecified atom stereocenters. The van der Waals surface area contributed by atoms with Gasteiger partial charge in [-0.1, -0.05) is 23.7 Å². The molecule has 1 aromatic heterocycles. The molecule has 3 rings (SSSR count). The molecule has 3 aromatic rings. The molecule has 0 aliphatic carbocycles. The van der Waals surface area contributed by atoms with Crippen LogP contribution in [0.3, 0.4) is 0 Å². The summed E-state index contributed by atoms with van der Waals surface area (Å²) in [6.45, 7) is 0.0601. The number of alkyl halides is 3. The molecule has 0 atom stereocenters. The lowest BCUT2D eigenvalue weighted by Crippen LogP contribution is -2.23. The number of pyridine rings is 1. The first-order chi connectivity index (χ1) is 11.7. The van der Waals surface area contributed by atoms with Crippen molar-refractivity contribution in [3.8, 4) is 11.1 Å². The molecule has 0 amide bonds. The minimum Gasteiger partial charge on any atom is -0.325 e. The highest BCUT2D eigenvalue weighted by atomic mass is 35.5. The van der Waals surface area contributed by atoms with E-state index in [1.54, 1.807) is 25.2 Å². The van der Waals surface area contributed by atoms with Gasteiger partial charge in [0.2, 0.25) is 0 Å². The van der Waals surface area contributed by atoms with Crippen LogP contribution in [0.15, 0.2) is 47.3 Å². The first-order valence-corrected chi connectivity index (χ1v) is 7.80. The SMILES string of the molecule is Cn1c(CN)c(-c2ccc(C(F)(F)F)cc2)c2cc(Cl)ccc2c1=O. The second kappa shape index (κ2) is 6.20. The van der Waals surface area contributed by atoms with Gasteiger partial charge in [-0.25, -0.2) is 0 Å². The zero-order chi connectivity index (χ0) is 18.4. The zero-order valence-electron chi connectivity index (χ0n) is 13.2. The van der Waals surface area contributed by atoms with Crippen molar-refractivity contribution in [3.63, 3.8) is 0 Å². The number of fused-ring (bicyclic) bond motifs is 1. The van der Waals surface area contributed by atoms with Crippen molar-refractivity contribution >= 4 is 22.4 Å². The fraction of sp³-hybridized carbons (Fsp3) is 0.167. The van der Waals surface area contributed by atoms with Crippen LogP contribution in [0.1, 0.15) is 11.3 Å². The fourth-order valence-electron chi connectivity index (χ4n) is 2.92. The number of nitrogens with zero attached hydrogens (tertiary/aromatic N) is 1. The Bertz CT molecular complexity index is 1010. The van der Waals surface area contributed by atoms with E-state index >= 15 is 0 Å². The lowest BCUT2D eigenvalue weighted by Gasteiger charge is -2.17. The molecule has 0 fully saturated rings. The van der Waals surface area contributed by atoms with Crippen LogP contribution in [-0.4, -0.2) is 4.57 Å². The highest BCUT2D eigenvalue weighted by molar-refractivity contribution is 6.31. The van der Waals surface area contributed by atoms with Crippen LogP contribution < -0.4 is 11.3 Å². The molecular weight excluding hydrogens is 353 g/mol. The average molecular weight is 367 g/mol. The van der Waals surface area contributed by atoms with Gasteiger partial charge in [0.05, 0.1) is 5.56 Å². The molecule has 0 aliphatic heterocycles. The molecule has 0 spiro atoms. The van der Waals surface area contributed by atoms with Gasteiger partial charge < -0.3 is 10.3 Å². The van der Waals surface area contributed by atoms with Crippen molar-refractivity contribution in [1.82, 2.24) is 4.57 Å². The third-order valence-electron chi connectivity index (χ3n) is 4.17. The third kappa shape index (κ3) is 3.03. The summed E-state index contributed by atoms with van der Waals surface area (Å²) in [6.07, 6.45) is -4.41. The summed E-state index contributed by atoms with van der Waals surface area (Å²) in [4.78, 5) is 12.5. The normalized spacial score (nSPS) is 11.9. The molecule has 25 heavy (non-hydrogen) atoms. The van der Waals surface area contributed by atoms with Gasteiger partial charge in [-0.05, 0) is 41.3 Å². The Morgan fingerprint density at radius 3 is 2.28 bits per heavy atom. The van der Waals surface area contributed by atoms with Crippen molar-refractivity contribution in [1.29, 1.82) is 0 Å². The zero-order valence-corrected chi connectivity index (χ0v) is 13.9. The van der Waals surface area contributed by atoms with Gasteiger partial charge in [0, 0.05) is 35.3 Å². The van der Waals surface area contributed by atoms with E-state index in [-0.39, 0.29) is 12.1 Å². The number of rotatable bonds is 2. The Balaban J connectivity index is 2.36. The summed E-state index contributed by atoms with van der Waals surface area (Å²) in [6, 6.07) is 9.61. The highest BCUT2D eigenvalue weighted by Crippen LogP contribution is 2.35. The molecule has 2 N–H and O–H groups in total. The van der Waals surface area contributed by atoms with Crippen molar-refractivity contribution in [3.05, 3.63) is 69.1 Å². The van der Waals surface area contributed by atoms with Gasteiger partial charge in [0.1, 0.15) is 0 Å². The summed E-state index contributed by atoms with van der Waals surface area (Å²) in [5.41, 5.74) is 6.51. The summed E-state index contributed by atoms with van der Waals surface area (Å²) in [5.74, 6) is 0. The lowest BCUT2D eigenvalue weighted by molar-refractivity contribution is -0.137. The standard InChI is InChI=1S/C18H14ClF3N2O/c1-24-15(9-23)16(10-2-4-11(5-3-10)18(20,21)22)14-8-12(19)6-7-13(14)17(24)25/h2-8H,9,23H2,1H3. The van der Waals surface area contributed by atoms with E-state index < -0.39 is 11.7 Å². The van der Waals surface area contributed by atoms with E-state index in [2.05, 4.69) is 0 Å². The topological polar surface area (TPSA) is 48.0 Å². The third-order valence-corrected chi connectivity index (χ3v) is 4.41. The van der Waals surface area contributed by atoms with Gasteiger partial charge in [-0.2, -0.15) is 13.2 Å². The molecule has 130 valence electrons. The predicted octanol–water partition coefficient (Wildman–Crippen LogP) is 4.34. The second-order valence-electron chi connectivity index (χ2n) is 5.66. The Hall–Kier alpha value is -2.31. The minimum atomic E-state index is -4.41. The molecule has 7 heteroatoms. The van der Waals surface area contributed by atoms with Gasteiger partial charge in [0.15, 0.2) is 0 Å². The van der Waals surface area contributed by atoms with Crippen LogP contribution in [0.25, 0.3) is 21.9 Å². The van der Waals surface area contributed by atoms with Crippen molar-refractivity contribution in [2.75, 3.05) is 0 Å². The van der Waals surface area contributed by atoms with Crippen LogP contribution in [0.4, 0.5) is 13.2 Å². The van der Waals surface area contributed by atoms with E-state index in [0.717, 1.165) is 12.1 Å². The Morgan fingerprint density at radius 1 is 1.08 bits per heavy atom. The van der Waals surface area contributed by atoms with Gasteiger partial charge in [-0.3, -0.25) is 4.79 Å². The van der Waals surface area contributed by atoms with Crippen molar-refractivity contribution in [2.24, 2.45) is 12.8 Å². The average Bonchev–Trinajstić information content (AvgIpc) is 2.57. The summed E-state index contributed by atoms with van der Waals surface area (Å²) < 4.78 is 39.8. The van der Waals surface area contributed by atoms with Crippen LogP contribution in [0, 0.1) is 0 Å². The number of hydrogen-bond donors (Lipinski definition) is 1. The summed E-state index contributed by atoms with van der Waals surface area (Å²) in [7, 11) is 1.59. The van der Waals surface area contributed by atoms with Crippen molar-refractivity contribution in [2.45, 2.75) is 12.7 Å².